The van der Waals surface area contributed by atoms with Gasteiger partial charge in [-0.3, -0.25) is 9.00 Å². The average Bonchev–Trinajstić information content (AvgIpc) is 3.04. The zero-order valence-electron chi connectivity index (χ0n) is 10.7. The van der Waals surface area contributed by atoms with E-state index in [-0.39, 0.29) is 11.4 Å². The van der Waals surface area contributed by atoms with Crippen LogP contribution in [0.25, 0.3) is 0 Å². The van der Waals surface area contributed by atoms with Crippen LogP contribution in [0.1, 0.15) is 32.6 Å². The van der Waals surface area contributed by atoms with E-state index in [1.807, 2.05) is 6.92 Å². The largest absolute Gasteiger partial charge is 0.469 e. The Bertz CT molecular complexity index is 274. The van der Waals surface area contributed by atoms with Gasteiger partial charge in [-0.05, 0) is 24.7 Å². The molecular formula is C12H22O4S. The Kier molecular flexibility index (Phi) is 6.12. The molecule has 4 nitrogen and oxygen atoms in total. The summed E-state index contributed by atoms with van der Waals surface area (Å²) in [5.41, 5.74) is -0.0390. The summed E-state index contributed by atoms with van der Waals surface area (Å²) in [5.74, 6) is 0.988. The Hall–Kier alpha value is -0.420. The van der Waals surface area contributed by atoms with Crippen molar-refractivity contribution in [3.8, 4) is 0 Å². The lowest BCUT2D eigenvalue weighted by Crippen LogP contribution is -2.20. The molecule has 0 aromatic heterocycles. The van der Waals surface area contributed by atoms with Crippen molar-refractivity contribution in [2.75, 3.05) is 31.8 Å². The number of carbonyl (C=O) groups is 1. The minimum atomic E-state index is -0.882. The van der Waals surface area contributed by atoms with Crippen LogP contribution < -0.4 is 0 Å². The lowest BCUT2D eigenvalue weighted by atomic mass is 10.1. The van der Waals surface area contributed by atoms with E-state index in [0.717, 1.165) is 25.9 Å². The summed E-state index contributed by atoms with van der Waals surface area (Å²) in [6, 6.07) is 0. The van der Waals surface area contributed by atoms with E-state index in [1.54, 1.807) is 0 Å². The fourth-order valence-electron chi connectivity index (χ4n) is 1.74. The minimum Gasteiger partial charge on any atom is -0.469 e. The van der Waals surface area contributed by atoms with E-state index in [2.05, 4.69) is 4.74 Å². The van der Waals surface area contributed by atoms with Gasteiger partial charge in [-0.2, -0.15) is 0 Å². The highest BCUT2D eigenvalue weighted by Gasteiger charge is 2.45. The van der Waals surface area contributed by atoms with Crippen molar-refractivity contribution in [1.82, 2.24) is 0 Å². The third kappa shape index (κ3) is 5.64. The third-order valence-electron chi connectivity index (χ3n) is 2.98. The van der Waals surface area contributed by atoms with Crippen molar-refractivity contribution >= 4 is 16.8 Å². The van der Waals surface area contributed by atoms with Crippen molar-refractivity contribution in [2.24, 2.45) is 5.41 Å². The van der Waals surface area contributed by atoms with Gasteiger partial charge in [0, 0.05) is 28.9 Å². The Balaban J connectivity index is 2.19. The highest BCUT2D eigenvalue weighted by molar-refractivity contribution is 7.85. The third-order valence-corrected chi connectivity index (χ3v) is 4.53. The Morgan fingerprint density at radius 1 is 1.35 bits per heavy atom. The zero-order valence-corrected chi connectivity index (χ0v) is 11.5. The maximum absolute atomic E-state index is 11.8. The lowest BCUT2D eigenvalue weighted by molar-refractivity contribution is -0.141. The molecule has 0 aromatic rings. The molecule has 5 heteroatoms. The predicted octanol–water partition coefficient (Wildman–Crippen LogP) is 1.50. The molecule has 17 heavy (non-hydrogen) atoms. The summed E-state index contributed by atoms with van der Waals surface area (Å²) in [6.07, 6.45) is 3.37. The van der Waals surface area contributed by atoms with Gasteiger partial charge in [0.05, 0.1) is 20.1 Å². The van der Waals surface area contributed by atoms with Crippen LogP contribution in [0.4, 0.5) is 0 Å². The number of rotatable bonds is 9. The molecule has 1 fully saturated rings. The SMILES string of the molecule is CCCOCCS(=O)CC1(CC(=O)OC)CC1. The first-order valence-corrected chi connectivity index (χ1v) is 7.60. The van der Waals surface area contributed by atoms with Gasteiger partial charge < -0.3 is 9.47 Å². The number of carbonyl (C=O) groups excluding carboxylic acids is 1. The van der Waals surface area contributed by atoms with Gasteiger partial charge in [0.25, 0.3) is 0 Å². The molecule has 1 unspecified atom stereocenters. The predicted molar refractivity (Wildman–Crippen MR) is 67.3 cm³/mol. The second-order valence-corrected chi connectivity index (χ2v) is 6.23. The van der Waals surface area contributed by atoms with Crippen LogP contribution in [-0.4, -0.2) is 42.0 Å². The quantitative estimate of drug-likeness (QED) is 0.467. The smallest absolute Gasteiger partial charge is 0.306 e. The highest BCUT2D eigenvalue weighted by atomic mass is 32.2. The number of hydrogen-bond donors (Lipinski definition) is 0. The summed E-state index contributed by atoms with van der Waals surface area (Å²) in [4.78, 5) is 11.2. The van der Waals surface area contributed by atoms with Crippen molar-refractivity contribution in [3.63, 3.8) is 0 Å². The molecule has 1 rings (SSSR count). The van der Waals surface area contributed by atoms with Crippen LogP contribution in [0.15, 0.2) is 0 Å². The van der Waals surface area contributed by atoms with Crippen LogP contribution in [-0.2, 0) is 25.1 Å². The molecule has 0 N–H and O–H groups in total. The topological polar surface area (TPSA) is 52.6 Å². The molecule has 0 aliphatic heterocycles. The summed E-state index contributed by atoms with van der Waals surface area (Å²) < 4.78 is 21.8. The van der Waals surface area contributed by atoms with Crippen LogP contribution in [0.2, 0.25) is 0 Å². The molecule has 1 aliphatic carbocycles. The highest BCUT2D eigenvalue weighted by Crippen LogP contribution is 2.49. The molecule has 0 aromatic carbocycles. The number of methoxy groups -OCH3 is 1. The first kappa shape index (κ1) is 14.6. The second-order valence-electron chi connectivity index (χ2n) is 4.65. The Labute approximate surface area is 106 Å². The standard InChI is InChI=1S/C12H22O4S/c1-3-6-16-7-8-17(14)10-12(4-5-12)9-11(13)15-2/h3-10H2,1-2H3. The van der Waals surface area contributed by atoms with Crippen LogP contribution >= 0.6 is 0 Å². The summed E-state index contributed by atoms with van der Waals surface area (Å²) in [6.45, 7) is 3.33. The van der Waals surface area contributed by atoms with Gasteiger partial charge in [-0.25, -0.2) is 0 Å². The lowest BCUT2D eigenvalue weighted by Gasteiger charge is -2.13. The van der Waals surface area contributed by atoms with E-state index in [4.69, 9.17) is 4.74 Å². The Morgan fingerprint density at radius 2 is 2.06 bits per heavy atom. The molecule has 100 valence electrons. The van der Waals surface area contributed by atoms with E-state index >= 15 is 0 Å². The maximum atomic E-state index is 11.8. The molecule has 0 bridgehead atoms. The van der Waals surface area contributed by atoms with Crippen LogP contribution in [0.5, 0.6) is 0 Å². The number of hydrogen-bond acceptors (Lipinski definition) is 4. The normalized spacial score (nSPS) is 18.7. The van der Waals surface area contributed by atoms with Gasteiger partial charge in [0.1, 0.15) is 0 Å². The molecule has 0 amide bonds. The molecule has 0 spiro atoms. The first-order chi connectivity index (χ1) is 8.12. The van der Waals surface area contributed by atoms with E-state index in [1.165, 1.54) is 7.11 Å². The van der Waals surface area contributed by atoms with Crippen molar-refractivity contribution in [1.29, 1.82) is 0 Å². The molecule has 0 radical (unpaired) electrons. The van der Waals surface area contributed by atoms with Gasteiger partial charge in [0.2, 0.25) is 0 Å². The zero-order chi connectivity index (χ0) is 12.7. The second kappa shape index (κ2) is 7.11. The summed E-state index contributed by atoms with van der Waals surface area (Å²) >= 11 is 0. The van der Waals surface area contributed by atoms with Crippen LogP contribution in [0.3, 0.4) is 0 Å². The number of esters is 1. The maximum Gasteiger partial charge on any atom is 0.306 e. The van der Waals surface area contributed by atoms with Gasteiger partial charge >= 0.3 is 5.97 Å². The molecule has 0 heterocycles. The molecule has 1 aliphatic rings. The van der Waals surface area contributed by atoms with Crippen LogP contribution in [0, 0.1) is 5.41 Å². The minimum absolute atomic E-state index is 0.0390. The van der Waals surface area contributed by atoms with Crippen molar-refractivity contribution in [2.45, 2.75) is 32.6 Å². The monoisotopic (exact) mass is 262 g/mol. The Morgan fingerprint density at radius 3 is 2.59 bits per heavy atom. The van der Waals surface area contributed by atoms with Crippen molar-refractivity contribution < 1.29 is 18.5 Å². The molecule has 1 atom stereocenters. The average molecular weight is 262 g/mol. The fraction of sp³-hybridized carbons (Fsp3) is 0.917. The molecule has 1 saturated carbocycles. The molecular weight excluding hydrogens is 240 g/mol. The van der Waals surface area contributed by atoms with E-state index in [9.17, 15) is 9.00 Å². The summed E-state index contributed by atoms with van der Waals surface area (Å²) in [7, 11) is 0.515. The van der Waals surface area contributed by atoms with Gasteiger partial charge in [0.15, 0.2) is 0 Å². The fourth-order valence-corrected chi connectivity index (χ4v) is 3.26. The van der Waals surface area contributed by atoms with Gasteiger partial charge in [-0.1, -0.05) is 6.92 Å². The number of ether oxygens (including phenoxy) is 2. The summed E-state index contributed by atoms with van der Waals surface area (Å²) in [5, 5.41) is 0. The van der Waals surface area contributed by atoms with E-state index < -0.39 is 10.8 Å². The van der Waals surface area contributed by atoms with Gasteiger partial charge in [-0.15, -0.1) is 0 Å². The first-order valence-electron chi connectivity index (χ1n) is 6.11. The van der Waals surface area contributed by atoms with Crippen molar-refractivity contribution in [3.05, 3.63) is 0 Å². The van der Waals surface area contributed by atoms with E-state index in [0.29, 0.717) is 24.5 Å². The molecule has 0 saturated heterocycles.